The number of nitrogens with zero attached hydrogens (tertiary/aromatic N) is 1. The van der Waals surface area contributed by atoms with E-state index >= 15 is 0 Å². The molecule has 0 aromatic rings. The van der Waals surface area contributed by atoms with Crippen molar-refractivity contribution in [1.29, 1.82) is 0 Å². The van der Waals surface area contributed by atoms with E-state index in [1.807, 2.05) is 0 Å². The van der Waals surface area contributed by atoms with Crippen LogP contribution in [0.2, 0.25) is 0 Å². The maximum Gasteiger partial charge on any atom is 0.407 e. The van der Waals surface area contributed by atoms with Crippen LogP contribution in [0.25, 0.3) is 0 Å². The van der Waals surface area contributed by atoms with E-state index in [1.54, 1.807) is 0 Å². The fourth-order valence-corrected chi connectivity index (χ4v) is 1.34. The molecular weight excluding hydrogens is 174 g/mol. The second-order valence-corrected chi connectivity index (χ2v) is 2.99. The Balaban J connectivity index is 2.33. The number of carbonyl (C=O) groups excluding carboxylic acids is 1. The molecule has 0 saturated carbocycles. The second kappa shape index (κ2) is 4.08. The standard InChI is InChI=1S/C7H13N3O3/c8-3-6(11)9-5-1-2-10(4-5)7(12)13/h5H,1-4,8H2,(H,9,11)(H,12,13)/t5-/m0/s1. The van der Waals surface area contributed by atoms with Gasteiger partial charge >= 0.3 is 6.09 Å². The summed E-state index contributed by atoms with van der Waals surface area (Å²) in [5, 5.41) is 11.3. The minimum Gasteiger partial charge on any atom is -0.465 e. The minimum absolute atomic E-state index is 0.0520. The number of nitrogens with one attached hydrogen (secondary N) is 1. The first-order valence-corrected chi connectivity index (χ1v) is 4.10. The largest absolute Gasteiger partial charge is 0.465 e. The van der Waals surface area contributed by atoms with E-state index in [-0.39, 0.29) is 18.5 Å². The van der Waals surface area contributed by atoms with Crippen LogP contribution in [0.4, 0.5) is 4.79 Å². The zero-order valence-electron chi connectivity index (χ0n) is 7.19. The lowest BCUT2D eigenvalue weighted by molar-refractivity contribution is -0.120. The third-order valence-corrected chi connectivity index (χ3v) is 2.01. The van der Waals surface area contributed by atoms with Gasteiger partial charge in [0.25, 0.3) is 0 Å². The Morgan fingerprint density at radius 1 is 1.62 bits per heavy atom. The molecule has 0 bridgehead atoms. The molecule has 1 atom stereocenters. The van der Waals surface area contributed by atoms with Crippen molar-refractivity contribution >= 4 is 12.0 Å². The van der Waals surface area contributed by atoms with Crippen LogP contribution in [0.5, 0.6) is 0 Å². The number of hydrogen-bond donors (Lipinski definition) is 3. The molecule has 1 rings (SSSR count). The van der Waals surface area contributed by atoms with Crippen LogP contribution in [0.15, 0.2) is 0 Å². The van der Waals surface area contributed by atoms with E-state index in [0.717, 1.165) is 0 Å². The Labute approximate surface area is 75.7 Å². The van der Waals surface area contributed by atoms with Crippen LogP contribution in [0, 0.1) is 0 Å². The van der Waals surface area contributed by atoms with Crippen LogP contribution >= 0.6 is 0 Å². The van der Waals surface area contributed by atoms with Gasteiger partial charge in [-0.25, -0.2) is 4.79 Å². The van der Waals surface area contributed by atoms with Gasteiger partial charge in [0.15, 0.2) is 0 Å². The summed E-state index contributed by atoms with van der Waals surface area (Å²) >= 11 is 0. The van der Waals surface area contributed by atoms with Crippen molar-refractivity contribution in [3.63, 3.8) is 0 Å². The Morgan fingerprint density at radius 3 is 2.77 bits per heavy atom. The Hall–Kier alpha value is -1.30. The van der Waals surface area contributed by atoms with Gasteiger partial charge in [-0.05, 0) is 6.42 Å². The molecule has 0 aliphatic carbocycles. The highest BCUT2D eigenvalue weighted by atomic mass is 16.4. The summed E-state index contributed by atoms with van der Waals surface area (Å²) in [6.45, 7) is 0.787. The normalized spacial score (nSPS) is 21.6. The zero-order valence-corrected chi connectivity index (χ0v) is 7.19. The SMILES string of the molecule is NCC(=O)N[C@H]1CCN(C(=O)O)C1. The van der Waals surface area contributed by atoms with E-state index in [0.29, 0.717) is 19.5 Å². The molecule has 74 valence electrons. The molecule has 6 nitrogen and oxygen atoms in total. The van der Waals surface area contributed by atoms with E-state index < -0.39 is 6.09 Å². The predicted molar refractivity (Wildman–Crippen MR) is 45.2 cm³/mol. The van der Waals surface area contributed by atoms with Gasteiger partial charge in [0.2, 0.25) is 5.91 Å². The summed E-state index contributed by atoms with van der Waals surface area (Å²) in [5.74, 6) is -0.239. The number of likely N-dealkylation sites (tertiary alicyclic amines) is 1. The lowest BCUT2D eigenvalue weighted by Gasteiger charge is -2.12. The molecule has 0 unspecified atom stereocenters. The maximum absolute atomic E-state index is 10.8. The van der Waals surface area contributed by atoms with Crippen molar-refractivity contribution in [1.82, 2.24) is 10.2 Å². The lowest BCUT2D eigenvalue weighted by atomic mass is 10.2. The van der Waals surface area contributed by atoms with Crippen molar-refractivity contribution in [2.45, 2.75) is 12.5 Å². The van der Waals surface area contributed by atoms with Crippen LogP contribution in [0.1, 0.15) is 6.42 Å². The molecule has 1 aliphatic rings. The van der Waals surface area contributed by atoms with Crippen molar-refractivity contribution in [3.8, 4) is 0 Å². The smallest absolute Gasteiger partial charge is 0.407 e. The highest BCUT2D eigenvalue weighted by molar-refractivity contribution is 5.78. The molecule has 0 radical (unpaired) electrons. The maximum atomic E-state index is 10.8. The first kappa shape index (κ1) is 9.79. The lowest BCUT2D eigenvalue weighted by Crippen LogP contribution is -2.40. The monoisotopic (exact) mass is 187 g/mol. The quantitative estimate of drug-likeness (QED) is 0.506. The van der Waals surface area contributed by atoms with E-state index in [2.05, 4.69) is 5.32 Å². The van der Waals surface area contributed by atoms with Crippen LogP contribution in [-0.4, -0.2) is 47.7 Å². The molecule has 1 fully saturated rings. The van der Waals surface area contributed by atoms with Crippen molar-refractivity contribution < 1.29 is 14.7 Å². The van der Waals surface area contributed by atoms with Gasteiger partial charge in [0.05, 0.1) is 6.54 Å². The fraction of sp³-hybridized carbons (Fsp3) is 0.714. The van der Waals surface area contributed by atoms with Crippen LogP contribution in [0.3, 0.4) is 0 Å². The van der Waals surface area contributed by atoms with E-state index in [9.17, 15) is 9.59 Å². The molecule has 1 heterocycles. The number of carbonyl (C=O) groups is 2. The number of hydrogen-bond acceptors (Lipinski definition) is 3. The fourth-order valence-electron chi connectivity index (χ4n) is 1.34. The Kier molecular flexibility index (Phi) is 3.07. The summed E-state index contributed by atoms with van der Waals surface area (Å²) < 4.78 is 0. The molecule has 13 heavy (non-hydrogen) atoms. The molecule has 0 spiro atoms. The predicted octanol–water partition coefficient (Wildman–Crippen LogP) is -1.19. The first-order chi connectivity index (χ1) is 6.13. The third-order valence-electron chi connectivity index (χ3n) is 2.01. The highest BCUT2D eigenvalue weighted by Crippen LogP contribution is 2.08. The Morgan fingerprint density at radius 2 is 2.31 bits per heavy atom. The summed E-state index contributed by atoms with van der Waals surface area (Å²) in [6.07, 6.45) is -0.276. The second-order valence-electron chi connectivity index (χ2n) is 2.99. The van der Waals surface area contributed by atoms with Crippen molar-refractivity contribution in [3.05, 3.63) is 0 Å². The van der Waals surface area contributed by atoms with Gasteiger partial charge in [-0.1, -0.05) is 0 Å². The average Bonchev–Trinajstić information content (AvgIpc) is 2.52. The van der Waals surface area contributed by atoms with Crippen LogP contribution in [-0.2, 0) is 4.79 Å². The molecule has 0 aromatic heterocycles. The molecule has 1 saturated heterocycles. The summed E-state index contributed by atoms with van der Waals surface area (Å²) in [5.41, 5.74) is 5.10. The van der Waals surface area contributed by atoms with Crippen LogP contribution < -0.4 is 11.1 Å². The van der Waals surface area contributed by atoms with E-state index in [1.165, 1.54) is 4.90 Å². The van der Waals surface area contributed by atoms with Crippen molar-refractivity contribution in [2.75, 3.05) is 19.6 Å². The number of nitrogens with two attached hydrogens (primary N) is 1. The number of amides is 2. The van der Waals surface area contributed by atoms with E-state index in [4.69, 9.17) is 10.8 Å². The molecule has 0 aromatic carbocycles. The average molecular weight is 187 g/mol. The molecule has 4 N–H and O–H groups in total. The van der Waals surface area contributed by atoms with Crippen molar-refractivity contribution in [2.24, 2.45) is 5.73 Å². The third kappa shape index (κ3) is 2.59. The van der Waals surface area contributed by atoms with Gasteiger partial charge < -0.3 is 21.1 Å². The first-order valence-electron chi connectivity index (χ1n) is 4.10. The molecule has 2 amide bonds. The minimum atomic E-state index is -0.940. The van der Waals surface area contributed by atoms with Gasteiger partial charge in [-0.3, -0.25) is 4.79 Å². The summed E-state index contributed by atoms with van der Waals surface area (Å²) in [7, 11) is 0. The zero-order chi connectivity index (χ0) is 9.84. The Bertz CT molecular complexity index is 219. The van der Waals surface area contributed by atoms with Gasteiger partial charge in [-0.2, -0.15) is 0 Å². The molecule has 6 heteroatoms. The highest BCUT2D eigenvalue weighted by Gasteiger charge is 2.26. The van der Waals surface area contributed by atoms with Gasteiger partial charge in [0.1, 0.15) is 0 Å². The number of carboxylic acid groups (broad SMARTS) is 1. The molecular formula is C7H13N3O3. The summed E-state index contributed by atoms with van der Waals surface area (Å²) in [6, 6.07) is -0.0767. The summed E-state index contributed by atoms with van der Waals surface area (Å²) in [4.78, 5) is 22.6. The van der Waals surface area contributed by atoms with Gasteiger partial charge in [0, 0.05) is 19.1 Å². The topological polar surface area (TPSA) is 95.7 Å². The molecule has 1 aliphatic heterocycles. The van der Waals surface area contributed by atoms with Gasteiger partial charge in [-0.15, -0.1) is 0 Å². The number of rotatable bonds is 2.